The summed E-state index contributed by atoms with van der Waals surface area (Å²) in [7, 11) is 1.52. The van der Waals surface area contributed by atoms with Crippen LogP contribution in [0, 0.1) is 5.82 Å². The van der Waals surface area contributed by atoms with E-state index in [1.807, 2.05) is 0 Å². The number of fused-ring (bicyclic) bond motifs is 1. The minimum atomic E-state index is -2.57. The Morgan fingerprint density at radius 1 is 1.16 bits per heavy atom. The molecule has 2 heterocycles. The number of nitrogens with zero attached hydrogens (tertiary/aromatic N) is 3. The van der Waals surface area contributed by atoms with Crippen LogP contribution >= 0.6 is 11.6 Å². The monoisotopic (exact) mass is 452 g/mol. The molecule has 3 aromatic rings. The van der Waals surface area contributed by atoms with Gasteiger partial charge in [0, 0.05) is 23.7 Å². The molecule has 31 heavy (non-hydrogen) atoms. The molecule has 0 amide bonds. The molecule has 6 nitrogen and oxygen atoms in total. The lowest BCUT2D eigenvalue weighted by Crippen LogP contribution is -2.56. The van der Waals surface area contributed by atoms with Gasteiger partial charge in [-0.1, -0.05) is 11.6 Å². The highest BCUT2D eigenvalue weighted by Gasteiger charge is 2.43. The van der Waals surface area contributed by atoms with Crippen molar-refractivity contribution in [1.82, 2.24) is 14.9 Å². The first-order valence-corrected chi connectivity index (χ1v) is 10.0. The van der Waals surface area contributed by atoms with Crippen molar-refractivity contribution in [2.75, 3.05) is 38.7 Å². The largest absolute Gasteiger partial charge is 0.493 e. The number of methoxy groups -OCH3 is 1. The summed E-state index contributed by atoms with van der Waals surface area (Å²) in [6.45, 7) is 0.471. The Bertz CT molecular complexity index is 1090. The Balaban J connectivity index is 1.50. The van der Waals surface area contributed by atoms with Gasteiger partial charge in [0.05, 0.1) is 37.3 Å². The molecular weight excluding hydrogens is 433 g/mol. The first-order valence-electron chi connectivity index (χ1n) is 9.62. The zero-order valence-electron chi connectivity index (χ0n) is 16.7. The molecule has 0 saturated carbocycles. The van der Waals surface area contributed by atoms with Gasteiger partial charge in [0.15, 0.2) is 11.5 Å². The number of halogens is 4. The van der Waals surface area contributed by atoms with Gasteiger partial charge in [0.25, 0.3) is 5.92 Å². The second kappa shape index (κ2) is 8.76. The van der Waals surface area contributed by atoms with Gasteiger partial charge >= 0.3 is 0 Å². The average molecular weight is 453 g/mol. The van der Waals surface area contributed by atoms with Gasteiger partial charge in [-0.05, 0) is 30.7 Å². The third kappa shape index (κ3) is 4.94. The number of alkyl halides is 2. The van der Waals surface area contributed by atoms with Crippen molar-refractivity contribution < 1.29 is 22.6 Å². The van der Waals surface area contributed by atoms with Crippen molar-refractivity contribution >= 4 is 34.0 Å². The van der Waals surface area contributed by atoms with Crippen LogP contribution in [0.15, 0.2) is 36.7 Å². The summed E-state index contributed by atoms with van der Waals surface area (Å²) >= 11 is 5.86. The number of rotatable bonds is 8. The summed E-state index contributed by atoms with van der Waals surface area (Å²) in [6.07, 6.45) is 2.00. The highest BCUT2D eigenvalue weighted by Crippen LogP contribution is 2.35. The Morgan fingerprint density at radius 3 is 2.68 bits per heavy atom. The summed E-state index contributed by atoms with van der Waals surface area (Å²) in [4.78, 5) is 10.2. The second-order valence-corrected chi connectivity index (χ2v) is 7.67. The number of hydrogen-bond acceptors (Lipinski definition) is 6. The Labute approximate surface area is 181 Å². The van der Waals surface area contributed by atoms with E-state index in [0.29, 0.717) is 53.5 Å². The lowest BCUT2D eigenvalue weighted by atomic mass is 10.1. The van der Waals surface area contributed by atoms with E-state index in [4.69, 9.17) is 21.1 Å². The van der Waals surface area contributed by atoms with Gasteiger partial charge in [-0.2, -0.15) is 0 Å². The van der Waals surface area contributed by atoms with Gasteiger partial charge in [-0.15, -0.1) is 0 Å². The van der Waals surface area contributed by atoms with Crippen molar-refractivity contribution in [3.8, 4) is 11.5 Å². The van der Waals surface area contributed by atoms with Gasteiger partial charge in [-0.25, -0.2) is 23.1 Å². The maximum atomic E-state index is 13.4. The highest BCUT2D eigenvalue weighted by molar-refractivity contribution is 6.31. The van der Waals surface area contributed by atoms with Crippen LogP contribution in [0.4, 0.5) is 24.7 Å². The van der Waals surface area contributed by atoms with Crippen molar-refractivity contribution in [2.45, 2.75) is 12.3 Å². The molecule has 0 radical (unpaired) electrons. The van der Waals surface area contributed by atoms with Crippen LogP contribution < -0.4 is 14.8 Å². The normalized spacial score (nSPS) is 15.5. The molecule has 1 N–H and O–H groups in total. The molecule has 1 aliphatic rings. The highest BCUT2D eigenvalue weighted by atomic mass is 35.5. The van der Waals surface area contributed by atoms with E-state index in [1.54, 1.807) is 23.1 Å². The number of nitrogens with one attached hydrogen (secondary N) is 1. The Hall–Kier alpha value is -2.78. The van der Waals surface area contributed by atoms with Crippen molar-refractivity contribution in [3.05, 3.63) is 47.5 Å². The quantitative estimate of drug-likeness (QED) is 0.491. The summed E-state index contributed by atoms with van der Waals surface area (Å²) in [5.41, 5.74) is 1.19. The molecule has 0 unspecified atom stereocenters. The van der Waals surface area contributed by atoms with Crippen LogP contribution in [0.2, 0.25) is 5.02 Å². The Kier molecular flexibility index (Phi) is 6.06. The SMILES string of the molecule is COc1cc2ncnc(Nc3ccc(F)c(Cl)c3)c2cc1OCCCN1CC(F)(F)C1. The van der Waals surface area contributed by atoms with Crippen LogP contribution in [0.5, 0.6) is 11.5 Å². The number of likely N-dealkylation sites (tertiary alicyclic amines) is 1. The average Bonchev–Trinajstić information content (AvgIpc) is 2.72. The van der Waals surface area contributed by atoms with Crippen LogP contribution in [0.3, 0.4) is 0 Å². The van der Waals surface area contributed by atoms with Crippen molar-refractivity contribution in [2.24, 2.45) is 0 Å². The molecule has 164 valence electrons. The summed E-state index contributed by atoms with van der Waals surface area (Å²) in [6, 6.07) is 7.75. The molecular formula is C21H20ClF3N4O2. The molecule has 0 bridgehead atoms. The van der Waals surface area contributed by atoms with Crippen molar-refractivity contribution in [3.63, 3.8) is 0 Å². The number of anilines is 2. The fraction of sp³-hybridized carbons (Fsp3) is 0.333. The number of aromatic nitrogens is 2. The molecule has 10 heteroatoms. The van der Waals surface area contributed by atoms with Crippen LogP contribution in [-0.2, 0) is 0 Å². The van der Waals surface area contributed by atoms with E-state index < -0.39 is 11.7 Å². The first-order chi connectivity index (χ1) is 14.8. The summed E-state index contributed by atoms with van der Waals surface area (Å²) < 4.78 is 50.5. The molecule has 2 aromatic carbocycles. The van der Waals surface area contributed by atoms with E-state index in [2.05, 4.69) is 15.3 Å². The molecule has 4 rings (SSSR count). The summed E-state index contributed by atoms with van der Waals surface area (Å²) in [5.74, 6) is -1.61. The molecule has 1 aliphatic heterocycles. The van der Waals surface area contributed by atoms with Gasteiger partial charge < -0.3 is 14.8 Å². The fourth-order valence-corrected chi connectivity index (χ4v) is 3.56. The van der Waals surface area contributed by atoms with Crippen LogP contribution in [0.1, 0.15) is 6.42 Å². The fourth-order valence-electron chi connectivity index (χ4n) is 3.38. The predicted molar refractivity (Wildman–Crippen MR) is 112 cm³/mol. The summed E-state index contributed by atoms with van der Waals surface area (Å²) in [5, 5.41) is 3.77. The maximum Gasteiger partial charge on any atom is 0.272 e. The van der Waals surface area contributed by atoms with E-state index in [0.717, 1.165) is 0 Å². The molecule has 0 atom stereocenters. The zero-order valence-corrected chi connectivity index (χ0v) is 17.4. The number of ether oxygens (including phenoxy) is 2. The minimum Gasteiger partial charge on any atom is -0.493 e. The smallest absolute Gasteiger partial charge is 0.272 e. The van der Waals surface area contributed by atoms with E-state index in [1.165, 1.54) is 25.6 Å². The third-order valence-electron chi connectivity index (χ3n) is 4.89. The topological polar surface area (TPSA) is 59.5 Å². The minimum absolute atomic E-state index is 0.00554. The van der Waals surface area contributed by atoms with Gasteiger partial charge in [0.2, 0.25) is 0 Å². The lowest BCUT2D eigenvalue weighted by molar-refractivity contribution is -0.130. The number of hydrogen-bond donors (Lipinski definition) is 1. The zero-order chi connectivity index (χ0) is 22.0. The van der Waals surface area contributed by atoms with Gasteiger partial charge in [-0.3, -0.25) is 4.90 Å². The molecule has 1 fully saturated rings. The number of benzene rings is 2. The van der Waals surface area contributed by atoms with Crippen LogP contribution in [0.25, 0.3) is 10.9 Å². The second-order valence-electron chi connectivity index (χ2n) is 7.27. The predicted octanol–water partition coefficient (Wildman–Crippen LogP) is 4.89. The van der Waals surface area contributed by atoms with E-state index in [-0.39, 0.29) is 18.1 Å². The first kappa shape index (κ1) is 21.5. The van der Waals surface area contributed by atoms with E-state index >= 15 is 0 Å². The molecule has 0 aliphatic carbocycles. The maximum absolute atomic E-state index is 13.4. The van der Waals surface area contributed by atoms with Crippen LogP contribution in [-0.4, -0.2) is 54.1 Å². The molecule has 0 spiro atoms. The van der Waals surface area contributed by atoms with E-state index in [9.17, 15) is 13.2 Å². The lowest BCUT2D eigenvalue weighted by Gasteiger charge is -2.38. The molecule has 1 aromatic heterocycles. The van der Waals surface area contributed by atoms with Crippen molar-refractivity contribution in [1.29, 1.82) is 0 Å². The molecule has 1 saturated heterocycles. The third-order valence-corrected chi connectivity index (χ3v) is 5.18. The Morgan fingerprint density at radius 2 is 1.97 bits per heavy atom. The standard InChI is InChI=1S/C21H20ClF3N4O2/c1-30-18-9-17-14(8-19(18)31-6-2-5-29-10-21(24,25)11-29)20(27-12-26-17)28-13-3-4-16(23)15(22)7-13/h3-4,7-9,12H,2,5-6,10-11H2,1H3,(H,26,27,28). The van der Waals surface area contributed by atoms with Gasteiger partial charge in [0.1, 0.15) is 18.0 Å².